The number of carbonyl (C=O) groups is 2. The number of carbonyl (C=O) groups excluding carboxylic acids is 1. The topological polar surface area (TPSA) is 124 Å². The Morgan fingerprint density at radius 2 is 1.88 bits per heavy atom. The van der Waals surface area contributed by atoms with Gasteiger partial charge in [0.25, 0.3) is 5.91 Å². The summed E-state index contributed by atoms with van der Waals surface area (Å²) in [4.78, 5) is 32.4. The molecule has 3 heterocycles. The summed E-state index contributed by atoms with van der Waals surface area (Å²) in [6.45, 7) is 2.48. The number of primary amides is 1. The molecule has 0 saturated carbocycles. The number of aromatic nitrogens is 3. The lowest BCUT2D eigenvalue weighted by atomic mass is 10.0. The lowest BCUT2D eigenvalue weighted by Crippen LogP contribution is -2.13. The second-order valence-electron chi connectivity index (χ2n) is 7.81. The molecule has 0 aliphatic heterocycles. The summed E-state index contributed by atoms with van der Waals surface area (Å²) in [5, 5.41) is 11.2. The second kappa shape index (κ2) is 8.42. The molecule has 0 saturated heterocycles. The molecule has 0 fully saturated rings. The summed E-state index contributed by atoms with van der Waals surface area (Å²) in [6.07, 6.45) is 0.691. The van der Waals surface area contributed by atoms with Gasteiger partial charge in [-0.25, -0.2) is 14.8 Å². The Morgan fingerprint density at radius 3 is 2.62 bits per heavy atom. The highest BCUT2D eigenvalue weighted by Crippen LogP contribution is 2.38. The number of rotatable bonds is 6. The number of imidazole rings is 1. The summed E-state index contributed by atoms with van der Waals surface area (Å²) in [7, 11) is 0. The maximum Gasteiger partial charge on any atom is 0.336 e. The molecule has 0 aliphatic carbocycles. The fourth-order valence-corrected chi connectivity index (χ4v) is 4.61. The van der Waals surface area contributed by atoms with Crippen LogP contribution in [0.4, 0.5) is 0 Å². The van der Waals surface area contributed by atoms with Crippen molar-refractivity contribution < 1.29 is 19.1 Å². The van der Waals surface area contributed by atoms with Gasteiger partial charge in [-0.3, -0.25) is 4.79 Å². The van der Waals surface area contributed by atoms with Crippen LogP contribution in [0.1, 0.15) is 39.2 Å². The van der Waals surface area contributed by atoms with Crippen molar-refractivity contribution in [2.75, 3.05) is 0 Å². The van der Waals surface area contributed by atoms with Gasteiger partial charge in [0.15, 0.2) is 10.3 Å². The number of carboxylic acids is 1. The second-order valence-corrected chi connectivity index (χ2v) is 8.53. The standard InChI is InChI=1S/C25H19BrN4O4/c1-2-20-28-19-10-9-18(23(27)31)29-24(19)30(20)12-13-7-8-15-17(11-13)22(26)34-21(15)14-5-3-4-6-16(14)25(32)33/h3-11H,2,12H2,1H3,(H2,27,31)(H,32,33). The third-order valence-corrected chi connectivity index (χ3v) is 6.30. The number of hydrogen-bond donors (Lipinski definition) is 2. The third kappa shape index (κ3) is 3.63. The minimum atomic E-state index is -1.02. The molecule has 3 aromatic heterocycles. The number of pyridine rings is 1. The maximum absolute atomic E-state index is 11.7. The Morgan fingerprint density at radius 1 is 1.09 bits per heavy atom. The highest BCUT2D eigenvalue weighted by atomic mass is 79.9. The van der Waals surface area contributed by atoms with E-state index >= 15 is 0 Å². The number of carboxylic acid groups (broad SMARTS) is 1. The molecule has 0 spiro atoms. The molecule has 0 atom stereocenters. The Bertz CT molecular complexity index is 1600. The highest BCUT2D eigenvalue weighted by Gasteiger charge is 2.20. The van der Waals surface area contributed by atoms with E-state index in [9.17, 15) is 14.7 Å². The summed E-state index contributed by atoms with van der Waals surface area (Å²) in [5.74, 6) is -0.284. The first-order chi connectivity index (χ1) is 16.4. The number of nitrogens with two attached hydrogens (primary N) is 1. The van der Waals surface area contributed by atoms with Crippen LogP contribution in [-0.2, 0) is 13.0 Å². The zero-order valence-corrected chi connectivity index (χ0v) is 19.7. The van der Waals surface area contributed by atoms with Gasteiger partial charge in [-0.2, -0.15) is 0 Å². The number of halogens is 1. The van der Waals surface area contributed by atoms with Crippen molar-refractivity contribution >= 4 is 49.7 Å². The summed E-state index contributed by atoms with van der Waals surface area (Å²) >= 11 is 3.49. The van der Waals surface area contributed by atoms with Crippen LogP contribution in [0.5, 0.6) is 0 Å². The lowest BCUT2D eigenvalue weighted by molar-refractivity contribution is 0.0697. The smallest absolute Gasteiger partial charge is 0.336 e. The molecule has 34 heavy (non-hydrogen) atoms. The average molecular weight is 519 g/mol. The molecule has 8 nitrogen and oxygen atoms in total. The van der Waals surface area contributed by atoms with Gasteiger partial charge in [-0.15, -0.1) is 0 Å². The quantitative estimate of drug-likeness (QED) is 0.325. The van der Waals surface area contributed by atoms with Gasteiger partial charge in [-0.05, 0) is 45.8 Å². The van der Waals surface area contributed by atoms with Crippen LogP contribution < -0.4 is 5.73 Å². The minimum Gasteiger partial charge on any atom is -0.478 e. The van der Waals surface area contributed by atoms with Crippen LogP contribution in [-0.4, -0.2) is 31.5 Å². The van der Waals surface area contributed by atoms with E-state index in [0.717, 1.165) is 22.2 Å². The van der Waals surface area contributed by atoms with Crippen LogP contribution in [0, 0.1) is 0 Å². The zero-order chi connectivity index (χ0) is 24.0. The number of amides is 1. The SMILES string of the molecule is CCc1nc2ccc(C(N)=O)nc2n1Cc1ccc2c(-c3ccccc3C(=O)O)oc(Br)c2c1. The van der Waals surface area contributed by atoms with E-state index in [1.807, 2.05) is 29.7 Å². The molecule has 2 aromatic carbocycles. The first-order valence-electron chi connectivity index (χ1n) is 10.6. The molecule has 5 aromatic rings. The van der Waals surface area contributed by atoms with Gasteiger partial charge in [0.05, 0.1) is 12.1 Å². The molecule has 3 N–H and O–H groups in total. The predicted octanol–water partition coefficient (Wildman–Crippen LogP) is 5.01. The Hall–Kier alpha value is -3.98. The highest BCUT2D eigenvalue weighted by molar-refractivity contribution is 9.10. The van der Waals surface area contributed by atoms with Crippen LogP contribution >= 0.6 is 15.9 Å². The fraction of sp³-hybridized carbons (Fsp3) is 0.120. The van der Waals surface area contributed by atoms with Gasteiger partial charge in [-0.1, -0.05) is 37.3 Å². The van der Waals surface area contributed by atoms with Gasteiger partial charge in [0.2, 0.25) is 0 Å². The largest absolute Gasteiger partial charge is 0.478 e. The van der Waals surface area contributed by atoms with E-state index < -0.39 is 11.9 Å². The van der Waals surface area contributed by atoms with Crippen LogP contribution in [0.25, 0.3) is 33.3 Å². The first-order valence-corrected chi connectivity index (χ1v) is 11.4. The number of furan rings is 1. The van der Waals surface area contributed by atoms with Crippen molar-refractivity contribution in [3.8, 4) is 11.3 Å². The predicted molar refractivity (Wildman–Crippen MR) is 131 cm³/mol. The summed E-state index contributed by atoms with van der Waals surface area (Å²) in [6, 6.07) is 15.9. The van der Waals surface area contributed by atoms with E-state index in [4.69, 9.17) is 10.2 Å². The minimum absolute atomic E-state index is 0.170. The number of fused-ring (bicyclic) bond motifs is 2. The fourth-order valence-electron chi connectivity index (χ4n) is 4.12. The van der Waals surface area contributed by atoms with E-state index in [-0.39, 0.29) is 11.3 Å². The molecule has 9 heteroatoms. The molecular weight excluding hydrogens is 500 g/mol. The van der Waals surface area contributed by atoms with Crippen molar-refractivity contribution in [1.29, 1.82) is 0 Å². The molecule has 0 bridgehead atoms. The number of aryl methyl sites for hydroxylation is 1. The maximum atomic E-state index is 11.7. The molecule has 1 amide bonds. The van der Waals surface area contributed by atoms with Crippen molar-refractivity contribution in [1.82, 2.24) is 14.5 Å². The van der Waals surface area contributed by atoms with Gasteiger partial charge < -0.3 is 19.8 Å². The molecule has 0 radical (unpaired) electrons. The summed E-state index contributed by atoms with van der Waals surface area (Å²) < 4.78 is 8.44. The number of hydrogen-bond acceptors (Lipinski definition) is 5. The van der Waals surface area contributed by atoms with Crippen LogP contribution in [0.2, 0.25) is 0 Å². The molecule has 170 valence electrons. The molecule has 5 rings (SSSR count). The van der Waals surface area contributed by atoms with Crippen LogP contribution in [0.3, 0.4) is 0 Å². The normalized spacial score (nSPS) is 11.4. The van der Waals surface area contributed by atoms with E-state index in [1.165, 1.54) is 0 Å². The van der Waals surface area contributed by atoms with Gasteiger partial charge in [0, 0.05) is 22.8 Å². The molecule has 0 aliphatic rings. The number of nitrogens with zero attached hydrogens (tertiary/aromatic N) is 3. The number of aromatic carboxylic acids is 1. The number of benzene rings is 2. The van der Waals surface area contributed by atoms with E-state index in [2.05, 4.69) is 25.9 Å². The Balaban J connectivity index is 1.61. The lowest BCUT2D eigenvalue weighted by Gasteiger charge is -2.09. The first kappa shape index (κ1) is 21.8. The zero-order valence-electron chi connectivity index (χ0n) is 18.1. The average Bonchev–Trinajstić information content (AvgIpc) is 3.35. The van der Waals surface area contributed by atoms with Gasteiger partial charge in [0.1, 0.15) is 22.8 Å². The molecular formula is C25H19BrN4O4. The van der Waals surface area contributed by atoms with Crippen molar-refractivity contribution in [3.05, 3.63) is 81.9 Å². The van der Waals surface area contributed by atoms with Crippen LogP contribution in [0.15, 0.2) is 63.7 Å². The third-order valence-electron chi connectivity index (χ3n) is 5.71. The summed E-state index contributed by atoms with van der Waals surface area (Å²) in [5.41, 5.74) is 8.54. The molecule has 0 unspecified atom stereocenters. The van der Waals surface area contributed by atoms with Crippen molar-refractivity contribution in [3.63, 3.8) is 0 Å². The van der Waals surface area contributed by atoms with E-state index in [1.54, 1.807) is 36.4 Å². The van der Waals surface area contributed by atoms with Crippen molar-refractivity contribution in [2.24, 2.45) is 5.73 Å². The van der Waals surface area contributed by atoms with Gasteiger partial charge >= 0.3 is 5.97 Å². The Kier molecular flexibility index (Phi) is 5.41. The van der Waals surface area contributed by atoms with Crippen molar-refractivity contribution in [2.45, 2.75) is 19.9 Å². The monoisotopic (exact) mass is 518 g/mol. The Labute approximate surface area is 202 Å². The van der Waals surface area contributed by atoms with E-state index in [0.29, 0.717) is 40.1 Å².